The maximum Gasteiger partial charge on any atom is 0.284 e. The lowest BCUT2D eigenvalue weighted by Gasteiger charge is -2.03. The monoisotopic (exact) mass is 259 g/mol. The van der Waals surface area contributed by atoms with Crippen molar-refractivity contribution in [3.05, 3.63) is 32.3 Å². The molecule has 0 unspecified atom stereocenters. The molecule has 5 nitrogen and oxygen atoms in total. The van der Waals surface area contributed by atoms with Gasteiger partial charge in [0, 0.05) is 6.07 Å². The van der Waals surface area contributed by atoms with Gasteiger partial charge in [-0.25, -0.2) is 0 Å². The van der Waals surface area contributed by atoms with Crippen molar-refractivity contribution in [3.8, 4) is 5.75 Å². The van der Waals surface area contributed by atoms with Crippen LogP contribution >= 0.6 is 15.9 Å². The summed E-state index contributed by atoms with van der Waals surface area (Å²) in [6, 6.07) is 2.49. The Kier molecular flexibility index (Phi) is 2.85. The summed E-state index contributed by atoms with van der Waals surface area (Å²) in [5.41, 5.74) is -0.664. The Balaban J connectivity index is 3.53. The number of phenols is 1. The molecule has 0 amide bonds. The van der Waals surface area contributed by atoms with E-state index in [1.807, 2.05) is 0 Å². The molecule has 0 radical (unpaired) electrons. The third-order valence-corrected chi connectivity index (χ3v) is 2.30. The first-order valence-corrected chi connectivity index (χ1v) is 4.41. The third-order valence-electron chi connectivity index (χ3n) is 1.66. The van der Waals surface area contributed by atoms with Gasteiger partial charge >= 0.3 is 0 Å². The van der Waals surface area contributed by atoms with Crippen LogP contribution in [-0.4, -0.2) is 15.8 Å². The largest absolute Gasteiger partial charge is 0.506 e. The van der Waals surface area contributed by atoms with Gasteiger partial charge in [-0.15, -0.1) is 0 Å². The molecule has 0 spiro atoms. The number of rotatable bonds is 2. The summed E-state index contributed by atoms with van der Waals surface area (Å²) in [5, 5.41) is 19.9. The number of ketones is 1. The second-order valence-electron chi connectivity index (χ2n) is 2.60. The van der Waals surface area contributed by atoms with Crippen LogP contribution in [0.1, 0.15) is 17.3 Å². The van der Waals surface area contributed by atoms with E-state index < -0.39 is 22.1 Å². The van der Waals surface area contributed by atoms with Crippen LogP contribution in [0.5, 0.6) is 5.75 Å². The van der Waals surface area contributed by atoms with Gasteiger partial charge in [0.1, 0.15) is 11.3 Å². The number of hydrogen-bond donors (Lipinski definition) is 1. The highest BCUT2D eigenvalue weighted by Crippen LogP contribution is 2.34. The Morgan fingerprint density at radius 2 is 2.14 bits per heavy atom. The van der Waals surface area contributed by atoms with E-state index in [4.69, 9.17) is 0 Å². The number of aromatic hydroxyl groups is 1. The fourth-order valence-corrected chi connectivity index (χ4v) is 1.38. The topological polar surface area (TPSA) is 80.4 Å². The van der Waals surface area contributed by atoms with E-state index in [2.05, 4.69) is 15.9 Å². The number of Topliss-reactive ketones (excluding diaryl/α,β-unsaturated/α-hetero) is 1. The first kappa shape index (κ1) is 10.6. The summed E-state index contributed by atoms with van der Waals surface area (Å²) in [6.45, 7) is 1.16. The highest BCUT2D eigenvalue weighted by Gasteiger charge is 2.22. The van der Waals surface area contributed by atoms with Crippen molar-refractivity contribution in [1.82, 2.24) is 0 Å². The summed E-state index contributed by atoms with van der Waals surface area (Å²) in [5.74, 6) is -0.942. The lowest BCUT2D eigenvalue weighted by molar-refractivity contribution is -0.385. The molecular formula is C8H6BrNO4. The molecular weight excluding hydrogens is 254 g/mol. The van der Waals surface area contributed by atoms with Gasteiger partial charge in [-0.2, -0.15) is 0 Å². The van der Waals surface area contributed by atoms with E-state index in [1.54, 1.807) is 0 Å². The molecule has 0 heterocycles. The quantitative estimate of drug-likeness (QED) is 0.502. The number of nitro groups is 1. The van der Waals surface area contributed by atoms with Crippen LogP contribution in [0.3, 0.4) is 0 Å². The van der Waals surface area contributed by atoms with E-state index in [1.165, 1.54) is 12.1 Å². The van der Waals surface area contributed by atoms with Gasteiger partial charge in [0.2, 0.25) is 0 Å². The van der Waals surface area contributed by atoms with Crippen LogP contribution in [-0.2, 0) is 0 Å². The van der Waals surface area contributed by atoms with Crippen molar-refractivity contribution >= 4 is 27.4 Å². The Bertz CT molecular complexity index is 416. The van der Waals surface area contributed by atoms with E-state index in [0.717, 1.165) is 6.92 Å². The Morgan fingerprint density at radius 3 is 2.57 bits per heavy atom. The number of nitrogens with zero attached hydrogens (tertiary/aromatic N) is 1. The molecule has 0 atom stereocenters. The summed E-state index contributed by atoms with van der Waals surface area (Å²) in [6.07, 6.45) is 0. The maximum atomic E-state index is 11.1. The number of nitro benzene ring substituents is 1. The van der Waals surface area contributed by atoms with Crippen molar-refractivity contribution in [1.29, 1.82) is 0 Å². The molecule has 74 valence electrons. The normalized spacial score (nSPS) is 9.86. The second kappa shape index (κ2) is 3.75. The zero-order valence-electron chi connectivity index (χ0n) is 7.15. The minimum absolute atomic E-state index is 0.258. The summed E-state index contributed by atoms with van der Waals surface area (Å²) in [4.78, 5) is 20.9. The first-order chi connectivity index (χ1) is 6.45. The van der Waals surface area contributed by atoms with E-state index in [0.29, 0.717) is 0 Å². The summed E-state index contributed by atoms with van der Waals surface area (Å²) in [7, 11) is 0. The molecule has 1 N–H and O–H groups in total. The van der Waals surface area contributed by atoms with Gasteiger partial charge in [-0.05, 0) is 28.9 Å². The molecule has 0 aromatic heterocycles. The SMILES string of the molecule is CC(=O)c1c([N+](=O)[O-])ccc(Br)c1O. The second-order valence-corrected chi connectivity index (χ2v) is 3.46. The Hall–Kier alpha value is -1.43. The van der Waals surface area contributed by atoms with Gasteiger partial charge in [-0.3, -0.25) is 14.9 Å². The standard InChI is InChI=1S/C8H6BrNO4/c1-4(11)7-6(10(13)14)3-2-5(9)8(7)12/h2-3,12H,1H3. The molecule has 1 aromatic carbocycles. The molecule has 1 rings (SSSR count). The van der Waals surface area contributed by atoms with Crippen LogP contribution in [0.2, 0.25) is 0 Å². The number of phenolic OH excluding ortho intramolecular Hbond substituents is 1. The fourth-order valence-electron chi connectivity index (χ4n) is 1.05. The van der Waals surface area contributed by atoms with E-state index >= 15 is 0 Å². The fraction of sp³-hybridized carbons (Fsp3) is 0.125. The van der Waals surface area contributed by atoms with Crippen molar-refractivity contribution in [2.45, 2.75) is 6.92 Å². The highest BCUT2D eigenvalue weighted by molar-refractivity contribution is 9.10. The summed E-state index contributed by atoms with van der Waals surface area (Å²) < 4.78 is 0.258. The minimum Gasteiger partial charge on any atom is -0.506 e. The van der Waals surface area contributed by atoms with Crippen LogP contribution in [0.15, 0.2) is 16.6 Å². The molecule has 0 saturated carbocycles. The van der Waals surface area contributed by atoms with Gasteiger partial charge in [0.15, 0.2) is 5.78 Å². The average molecular weight is 260 g/mol. The van der Waals surface area contributed by atoms with Crippen LogP contribution in [0, 0.1) is 10.1 Å². The number of carbonyl (C=O) groups excluding carboxylic acids is 1. The molecule has 0 fully saturated rings. The van der Waals surface area contributed by atoms with Crippen molar-refractivity contribution in [2.75, 3.05) is 0 Å². The van der Waals surface area contributed by atoms with Gasteiger partial charge in [0.05, 0.1) is 9.40 Å². The molecule has 0 aliphatic carbocycles. The number of benzene rings is 1. The van der Waals surface area contributed by atoms with Crippen LogP contribution in [0.25, 0.3) is 0 Å². The van der Waals surface area contributed by atoms with Crippen LogP contribution < -0.4 is 0 Å². The zero-order chi connectivity index (χ0) is 10.9. The smallest absolute Gasteiger partial charge is 0.284 e. The molecule has 6 heteroatoms. The lowest BCUT2D eigenvalue weighted by Crippen LogP contribution is -2.00. The molecule has 0 aliphatic heterocycles. The average Bonchev–Trinajstić information content (AvgIpc) is 2.08. The molecule has 14 heavy (non-hydrogen) atoms. The number of carbonyl (C=O) groups is 1. The van der Waals surface area contributed by atoms with Crippen molar-refractivity contribution in [3.63, 3.8) is 0 Å². The van der Waals surface area contributed by atoms with Gasteiger partial charge in [0.25, 0.3) is 5.69 Å². The lowest BCUT2D eigenvalue weighted by atomic mass is 10.1. The molecule has 1 aromatic rings. The predicted octanol–water partition coefficient (Wildman–Crippen LogP) is 2.27. The molecule has 0 aliphatic rings. The minimum atomic E-state index is -0.705. The molecule has 0 bridgehead atoms. The van der Waals surface area contributed by atoms with E-state index in [9.17, 15) is 20.0 Å². The van der Waals surface area contributed by atoms with Gasteiger partial charge in [-0.1, -0.05) is 0 Å². The maximum absolute atomic E-state index is 11.1. The predicted molar refractivity (Wildman–Crippen MR) is 52.5 cm³/mol. The number of halogens is 1. The molecule has 0 saturated heterocycles. The van der Waals surface area contributed by atoms with Crippen molar-refractivity contribution < 1.29 is 14.8 Å². The summed E-state index contributed by atoms with van der Waals surface area (Å²) >= 11 is 2.97. The highest BCUT2D eigenvalue weighted by atomic mass is 79.9. The van der Waals surface area contributed by atoms with Crippen LogP contribution in [0.4, 0.5) is 5.69 Å². The Labute approximate surface area is 87.6 Å². The number of hydrogen-bond acceptors (Lipinski definition) is 4. The van der Waals surface area contributed by atoms with E-state index in [-0.39, 0.29) is 10.0 Å². The zero-order valence-corrected chi connectivity index (χ0v) is 8.74. The third kappa shape index (κ3) is 1.74. The first-order valence-electron chi connectivity index (χ1n) is 3.62. The van der Waals surface area contributed by atoms with Gasteiger partial charge < -0.3 is 5.11 Å². The Morgan fingerprint density at radius 1 is 1.57 bits per heavy atom. The van der Waals surface area contributed by atoms with Crippen molar-refractivity contribution in [2.24, 2.45) is 0 Å².